The first kappa shape index (κ1) is 18.4. The summed E-state index contributed by atoms with van der Waals surface area (Å²) in [5.74, 6) is 0.548. The third-order valence-electron chi connectivity index (χ3n) is 4.54. The molecule has 0 heterocycles. The molecule has 1 N–H and O–H groups in total. The molecule has 0 unspecified atom stereocenters. The Morgan fingerprint density at radius 1 is 0.828 bits per heavy atom. The molecule has 4 heteroatoms. The van der Waals surface area contributed by atoms with E-state index in [1.807, 2.05) is 91.0 Å². The zero-order valence-corrected chi connectivity index (χ0v) is 15.8. The standard InChI is InChI=1S/C25H20N2O2/c28-25(24-12-6-10-21-9-4-5-11-23(21)24)27-26-17-19-13-15-22(16-14-19)29-18-20-7-2-1-3-8-20/h1-17H,18H2,(H,27,28). The third-order valence-corrected chi connectivity index (χ3v) is 4.54. The molecule has 0 aliphatic carbocycles. The average Bonchev–Trinajstić information content (AvgIpc) is 2.79. The Hall–Kier alpha value is -3.92. The Morgan fingerprint density at radius 3 is 2.38 bits per heavy atom. The van der Waals surface area contributed by atoms with Gasteiger partial charge in [0.2, 0.25) is 0 Å². The lowest BCUT2D eigenvalue weighted by Crippen LogP contribution is -2.17. The van der Waals surface area contributed by atoms with Crippen molar-refractivity contribution in [2.75, 3.05) is 0 Å². The molecule has 4 aromatic rings. The SMILES string of the molecule is O=C(NN=Cc1ccc(OCc2ccccc2)cc1)c1cccc2ccccc12. The Kier molecular flexibility index (Phi) is 5.63. The van der Waals surface area contributed by atoms with E-state index < -0.39 is 0 Å². The zero-order chi connectivity index (χ0) is 19.9. The molecule has 4 aromatic carbocycles. The fraction of sp³-hybridized carbons (Fsp3) is 0.0400. The zero-order valence-electron chi connectivity index (χ0n) is 15.8. The van der Waals surface area contributed by atoms with E-state index in [0.29, 0.717) is 12.2 Å². The van der Waals surface area contributed by atoms with Gasteiger partial charge < -0.3 is 4.74 Å². The van der Waals surface area contributed by atoms with Crippen LogP contribution >= 0.6 is 0 Å². The van der Waals surface area contributed by atoms with Gasteiger partial charge in [0.15, 0.2) is 0 Å². The van der Waals surface area contributed by atoms with Crippen LogP contribution in [0.3, 0.4) is 0 Å². The van der Waals surface area contributed by atoms with E-state index in [4.69, 9.17) is 4.74 Å². The van der Waals surface area contributed by atoms with Crippen LogP contribution in [0.2, 0.25) is 0 Å². The number of amides is 1. The fourth-order valence-corrected chi connectivity index (χ4v) is 3.04. The fourth-order valence-electron chi connectivity index (χ4n) is 3.04. The first-order chi connectivity index (χ1) is 14.3. The van der Waals surface area contributed by atoms with Crippen LogP contribution in [-0.4, -0.2) is 12.1 Å². The molecular formula is C25H20N2O2. The highest BCUT2D eigenvalue weighted by Crippen LogP contribution is 2.18. The van der Waals surface area contributed by atoms with Gasteiger partial charge in [-0.3, -0.25) is 4.79 Å². The maximum Gasteiger partial charge on any atom is 0.271 e. The Balaban J connectivity index is 1.36. The lowest BCUT2D eigenvalue weighted by molar-refractivity contribution is 0.0957. The molecule has 0 bridgehead atoms. The summed E-state index contributed by atoms with van der Waals surface area (Å²) in [7, 11) is 0. The maximum atomic E-state index is 12.5. The Bertz CT molecular complexity index is 1130. The second-order valence-electron chi connectivity index (χ2n) is 6.57. The van der Waals surface area contributed by atoms with Crippen LogP contribution in [0.5, 0.6) is 5.75 Å². The predicted octanol–water partition coefficient (Wildman–Crippen LogP) is 5.18. The summed E-state index contributed by atoms with van der Waals surface area (Å²) < 4.78 is 5.77. The second-order valence-corrected chi connectivity index (χ2v) is 6.57. The van der Waals surface area contributed by atoms with Crippen molar-refractivity contribution in [1.82, 2.24) is 5.43 Å². The van der Waals surface area contributed by atoms with Crippen LogP contribution in [0, 0.1) is 0 Å². The second kappa shape index (κ2) is 8.85. The number of carbonyl (C=O) groups is 1. The average molecular weight is 380 g/mol. The van der Waals surface area contributed by atoms with Crippen LogP contribution in [0.4, 0.5) is 0 Å². The van der Waals surface area contributed by atoms with E-state index in [9.17, 15) is 4.79 Å². The predicted molar refractivity (Wildman–Crippen MR) is 116 cm³/mol. The molecule has 0 radical (unpaired) electrons. The summed E-state index contributed by atoms with van der Waals surface area (Å²) in [4.78, 5) is 12.5. The molecule has 29 heavy (non-hydrogen) atoms. The highest BCUT2D eigenvalue weighted by molar-refractivity contribution is 6.07. The number of ether oxygens (including phenoxy) is 1. The van der Waals surface area contributed by atoms with Crippen molar-refractivity contribution in [3.05, 3.63) is 114 Å². The van der Waals surface area contributed by atoms with Gasteiger partial charge in [-0.15, -0.1) is 0 Å². The number of fused-ring (bicyclic) bond motifs is 1. The van der Waals surface area contributed by atoms with Crippen LogP contribution in [0.1, 0.15) is 21.5 Å². The number of rotatable bonds is 6. The van der Waals surface area contributed by atoms with Crippen molar-refractivity contribution in [1.29, 1.82) is 0 Å². The Labute approximate surface area is 169 Å². The van der Waals surface area contributed by atoms with Crippen LogP contribution in [-0.2, 0) is 6.61 Å². The quantitative estimate of drug-likeness (QED) is 0.370. The molecular weight excluding hydrogens is 360 g/mol. The molecule has 0 aliphatic heterocycles. The normalized spacial score (nSPS) is 10.9. The third kappa shape index (κ3) is 4.68. The minimum atomic E-state index is -0.235. The van der Waals surface area contributed by atoms with Gasteiger partial charge >= 0.3 is 0 Å². The topological polar surface area (TPSA) is 50.7 Å². The van der Waals surface area contributed by atoms with Crippen LogP contribution < -0.4 is 10.2 Å². The highest BCUT2D eigenvalue weighted by atomic mass is 16.5. The summed E-state index contributed by atoms with van der Waals surface area (Å²) >= 11 is 0. The summed E-state index contributed by atoms with van der Waals surface area (Å²) in [6.45, 7) is 0.523. The smallest absolute Gasteiger partial charge is 0.271 e. The molecule has 0 aromatic heterocycles. The molecule has 0 atom stereocenters. The van der Waals surface area contributed by atoms with E-state index in [0.717, 1.165) is 27.6 Å². The summed E-state index contributed by atoms with van der Waals surface area (Å²) in [5, 5.41) is 6.01. The molecule has 0 spiro atoms. The van der Waals surface area contributed by atoms with Gasteiger partial charge in [0, 0.05) is 5.56 Å². The number of benzene rings is 4. The number of carbonyl (C=O) groups excluding carboxylic acids is 1. The summed E-state index contributed by atoms with van der Waals surface area (Å²) in [5.41, 5.74) is 5.19. The van der Waals surface area contributed by atoms with Crippen molar-refractivity contribution in [3.63, 3.8) is 0 Å². The summed E-state index contributed by atoms with van der Waals surface area (Å²) in [6.07, 6.45) is 1.62. The minimum absolute atomic E-state index is 0.235. The largest absolute Gasteiger partial charge is 0.489 e. The van der Waals surface area contributed by atoms with Crippen molar-refractivity contribution < 1.29 is 9.53 Å². The molecule has 0 saturated carbocycles. The van der Waals surface area contributed by atoms with Gasteiger partial charge in [0.1, 0.15) is 12.4 Å². The van der Waals surface area contributed by atoms with E-state index >= 15 is 0 Å². The summed E-state index contributed by atoms with van der Waals surface area (Å²) in [6, 6.07) is 31.0. The van der Waals surface area contributed by atoms with Crippen molar-refractivity contribution in [2.24, 2.45) is 5.10 Å². The van der Waals surface area contributed by atoms with Gasteiger partial charge in [-0.2, -0.15) is 5.10 Å². The maximum absolute atomic E-state index is 12.5. The number of hydrazone groups is 1. The molecule has 0 aliphatic rings. The first-order valence-corrected chi connectivity index (χ1v) is 9.37. The van der Waals surface area contributed by atoms with Gasteiger partial charge in [-0.1, -0.05) is 66.7 Å². The van der Waals surface area contributed by atoms with Crippen molar-refractivity contribution in [2.45, 2.75) is 6.61 Å². The van der Waals surface area contributed by atoms with Crippen molar-refractivity contribution >= 4 is 22.9 Å². The molecule has 0 saturated heterocycles. The highest BCUT2D eigenvalue weighted by Gasteiger charge is 2.08. The van der Waals surface area contributed by atoms with E-state index in [1.54, 1.807) is 12.3 Å². The van der Waals surface area contributed by atoms with E-state index in [1.165, 1.54) is 0 Å². The van der Waals surface area contributed by atoms with Gasteiger partial charge in [-0.05, 0) is 52.2 Å². The van der Waals surface area contributed by atoms with E-state index in [-0.39, 0.29) is 5.91 Å². The van der Waals surface area contributed by atoms with Crippen LogP contribution in [0.25, 0.3) is 10.8 Å². The number of hydrogen-bond donors (Lipinski definition) is 1. The molecule has 0 fully saturated rings. The van der Waals surface area contributed by atoms with Gasteiger partial charge in [0.25, 0.3) is 5.91 Å². The van der Waals surface area contributed by atoms with Gasteiger partial charge in [-0.25, -0.2) is 5.43 Å². The lowest BCUT2D eigenvalue weighted by Gasteiger charge is -2.06. The number of nitrogens with zero attached hydrogens (tertiary/aromatic N) is 1. The molecule has 4 rings (SSSR count). The Morgan fingerprint density at radius 2 is 1.55 bits per heavy atom. The van der Waals surface area contributed by atoms with Crippen molar-refractivity contribution in [3.8, 4) is 5.75 Å². The first-order valence-electron chi connectivity index (χ1n) is 9.37. The molecule has 1 amide bonds. The lowest BCUT2D eigenvalue weighted by atomic mass is 10.0. The monoisotopic (exact) mass is 380 g/mol. The van der Waals surface area contributed by atoms with E-state index in [2.05, 4.69) is 10.5 Å². The minimum Gasteiger partial charge on any atom is -0.489 e. The van der Waals surface area contributed by atoms with Crippen LogP contribution in [0.15, 0.2) is 102 Å². The number of hydrogen-bond acceptors (Lipinski definition) is 3. The molecule has 142 valence electrons. The van der Waals surface area contributed by atoms with Gasteiger partial charge in [0.05, 0.1) is 6.21 Å². The molecule has 4 nitrogen and oxygen atoms in total. The number of nitrogens with one attached hydrogen (secondary N) is 1.